The molecule has 2 aromatic rings. The van der Waals surface area contributed by atoms with Crippen molar-refractivity contribution in [3.63, 3.8) is 0 Å². The molecule has 1 aromatic carbocycles. The predicted molar refractivity (Wildman–Crippen MR) is 66.8 cm³/mol. The van der Waals surface area contributed by atoms with Gasteiger partial charge in [-0.3, -0.25) is 4.79 Å². The van der Waals surface area contributed by atoms with E-state index in [1.54, 1.807) is 35.3 Å². The Bertz CT molecular complexity index is 575. The predicted octanol–water partition coefficient (Wildman–Crippen LogP) is 2.02. The third-order valence-corrected chi connectivity index (χ3v) is 2.35. The summed E-state index contributed by atoms with van der Waals surface area (Å²) in [5.41, 5.74) is 6.66. The number of carbonyl (C=O) groups excluding carboxylic acids is 1. The summed E-state index contributed by atoms with van der Waals surface area (Å²) in [6.07, 6.45) is 6.32. The van der Waals surface area contributed by atoms with E-state index in [0.29, 0.717) is 5.02 Å². The van der Waals surface area contributed by atoms with E-state index in [-0.39, 0.29) is 0 Å². The van der Waals surface area contributed by atoms with Gasteiger partial charge >= 0.3 is 0 Å². The molecule has 0 saturated heterocycles. The van der Waals surface area contributed by atoms with Gasteiger partial charge in [0.05, 0.1) is 11.9 Å². The summed E-state index contributed by atoms with van der Waals surface area (Å²) >= 11 is 5.89. The summed E-state index contributed by atoms with van der Waals surface area (Å²) in [7, 11) is 0. The molecule has 0 aliphatic heterocycles. The number of hydrogen-bond acceptors (Lipinski definition) is 2. The van der Waals surface area contributed by atoms with Gasteiger partial charge in [-0.05, 0) is 24.3 Å². The summed E-state index contributed by atoms with van der Waals surface area (Å²) in [4.78, 5) is 10.6. The Balaban J connectivity index is 2.27. The molecule has 1 aromatic heterocycles. The molecule has 2 N–H and O–H groups in total. The smallest absolute Gasteiger partial charge is 0.241 e. The van der Waals surface area contributed by atoms with E-state index in [1.165, 1.54) is 6.08 Å². The van der Waals surface area contributed by atoms with Crippen LogP contribution in [-0.4, -0.2) is 15.7 Å². The number of halogens is 1. The van der Waals surface area contributed by atoms with Gasteiger partial charge in [0.1, 0.15) is 0 Å². The van der Waals surface area contributed by atoms with Gasteiger partial charge in [0, 0.05) is 22.9 Å². The first kappa shape index (κ1) is 11.4. The molecule has 1 amide bonds. The summed E-state index contributed by atoms with van der Waals surface area (Å²) in [5, 5.41) is 4.81. The first-order valence-corrected chi connectivity index (χ1v) is 5.31. The lowest BCUT2D eigenvalue weighted by atomic mass is 10.3. The lowest BCUT2D eigenvalue weighted by Crippen LogP contribution is -2.04. The quantitative estimate of drug-likeness (QED) is 0.844. The molecular formula is C12H10ClN3O. The second kappa shape index (κ2) is 4.84. The summed E-state index contributed by atoms with van der Waals surface area (Å²) in [5.74, 6) is -0.486. The highest BCUT2D eigenvalue weighted by Crippen LogP contribution is 2.14. The Labute approximate surface area is 103 Å². The van der Waals surface area contributed by atoms with Crippen LogP contribution < -0.4 is 5.73 Å². The number of carbonyl (C=O) groups is 1. The van der Waals surface area contributed by atoms with E-state index in [2.05, 4.69) is 5.10 Å². The van der Waals surface area contributed by atoms with Crippen molar-refractivity contribution in [2.24, 2.45) is 5.73 Å². The second-order valence-corrected chi connectivity index (χ2v) is 3.87. The molecule has 0 fully saturated rings. The van der Waals surface area contributed by atoms with Crippen molar-refractivity contribution in [3.8, 4) is 5.69 Å². The third kappa shape index (κ3) is 2.95. The van der Waals surface area contributed by atoms with Crippen molar-refractivity contribution in [2.75, 3.05) is 0 Å². The minimum Gasteiger partial charge on any atom is -0.366 e. The first-order chi connectivity index (χ1) is 8.15. The zero-order valence-electron chi connectivity index (χ0n) is 8.88. The zero-order chi connectivity index (χ0) is 12.3. The van der Waals surface area contributed by atoms with Crippen LogP contribution >= 0.6 is 11.6 Å². The van der Waals surface area contributed by atoms with E-state index < -0.39 is 5.91 Å². The highest BCUT2D eigenvalue weighted by Gasteiger charge is 1.99. The van der Waals surface area contributed by atoms with Crippen molar-refractivity contribution in [1.29, 1.82) is 0 Å². The molecule has 5 heteroatoms. The maximum absolute atomic E-state index is 10.6. The van der Waals surface area contributed by atoms with Gasteiger partial charge in [-0.25, -0.2) is 4.68 Å². The van der Waals surface area contributed by atoms with Crippen LogP contribution in [0.3, 0.4) is 0 Å². The molecule has 86 valence electrons. The van der Waals surface area contributed by atoms with Crippen molar-refractivity contribution in [1.82, 2.24) is 9.78 Å². The van der Waals surface area contributed by atoms with Crippen LogP contribution in [0.25, 0.3) is 11.8 Å². The van der Waals surface area contributed by atoms with Crippen LogP contribution in [0, 0.1) is 0 Å². The van der Waals surface area contributed by atoms with Crippen LogP contribution in [-0.2, 0) is 4.79 Å². The maximum Gasteiger partial charge on any atom is 0.241 e. The largest absolute Gasteiger partial charge is 0.366 e. The molecule has 0 unspecified atom stereocenters. The monoisotopic (exact) mass is 247 g/mol. The highest BCUT2D eigenvalue weighted by atomic mass is 35.5. The Morgan fingerprint density at radius 2 is 2.29 bits per heavy atom. The summed E-state index contributed by atoms with van der Waals surface area (Å²) < 4.78 is 1.67. The molecule has 0 bridgehead atoms. The SMILES string of the molecule is NC(=O)C=Cc1cnn(-c2cccc(Cl)c2)c1. The molecule has 17 heavy (non-hydrogen) atoms. The number of hydrogen-bond donors (Lipinski definition) is 1. The average Bonchev–Trinajstić information content (AvgIpc) is 2.75. The zero-order valence-corrected chi connectivity index (χ0v) is 9.63. The van der Waals surface area contributed by atoms with E-state index in [4.69, 9.17) is 17.3 Å². The lowest BCUT2D eigenvalue weighted by Gasteiger charge is -2.00. The molecule has 2 rings (SSSR count). The molecule has 0 spiro atoms. The minimum atomic E-state index is -0.486. The third-order valence-electron chi connectivity index (χ3n) is 2.12. The van der Waals surface area contributed by atoms with Gasteiger partial charge in [0.2, 0.25) is 5.91 Å². The van der Waals surface area contributed by atoms with Crippen molar-refractivity contribution in [3.05, 3.63) is 53.3 Å². The molecule has 0 aliphatic carbocycles. The number of rotatable bonds is 3. The van der Waals surface area contributed by atoms with Crippen molar-refractivity contribution >= 4 is 23.6 Å². The number of benzene rings is 1. The number of amides is 1. The van der Waals surface area contributed by atoms with E-state index >= 15 is 0 Å². The van der Waals surface area contributed by atoms with Gasteiger partial charge in [-0.2, -0.15) is 5.10 Å². The van der Waals surface area contributed by atoms with Crippen LogP contribution in [0.15, 0.2) is 42.7 Å². The number of nitrogens with zero attached hydrogens (tertiary/aromatic N) is 2. The average molecular weight is 248 g/mol. The van der Waals surface area contributed by atoms with E-state index in [1.807, 2.05) is 12.1 Å². The fraction of sp³-hybridized carbons (Fsp3) is 0. The minimum absolute atomic E-state index is 0.486. The number of nitrogens with two attached hydrogens (primary N) is 1. The Hall–Kier alpha value is -2.07. The van der Waals surface area contributed by atoms with Crippen LogP contribution in [0.5, 0.6) is 0 Å². The molecule has 0 radical (unpaired) electrons. The standard InChI is InChI=1S/C12H10ClN3O/c13-10-2-1-3-11(6-10)16-8-9(7-15-16)4-5-12(14)17/h1-8H,(H2,14,17). The fourth-order valence-electron chi connectivity index (χ4n) is 1.36. The lowest BCUT2D eigenvalue weighted by molar-refractivity contribution is -0.113. The fourth-order valence-corrected chi connectivity index (χ4v) is 1.55. The van der Waals surface area contributed by atoms with E-state index in [9.17, 15) is 4.79 Å². The Morgan fingerprint density at radius 3 is 3.00 bits per heavy atom. The van der Waals surface area contributed by atoms with Gasteiger partial charge in [0.15, 0.2) is 0 Å². The number of aromatic nitrogens is 2. The summed E-state index contributed by atoms with van der Waals surface area (Å²) in [6.45, 7) is 0. The van der Waals surface area contributed by atoms with Crippen LogP contribution in [0.2, 0.25) is 5.02 Å². The van der Waals surface area contributed by atoms with Gasteiger partial charge in [-0.1, -0.05) is 17.7 Å². The second-order valence-electron chi connectivity index (χ2n) is 3.43. The molecule has 1 heterocycles. The Morgan fingerprint density at radius 1 is 1.47 bits per heavy atom. The van der Waals surface area contributed by atoms with E-state index in [0.717, 1.165) is 11.3 Å². The Kier molecular flexibility index (Phi) is 3.25. The van der Waals surface area contributed by atoms with Gasteiger partial charge < -0.3 is 5.73 Å². The van der Waals surface area contributed by atoms with Crippen molar-refractivity contribution in [2.45, 2.75) is 0 Å². The van der Waals surface area contributed by atoms with Gasteiger partial charge in [-0.15, -0.1) is 0 Å². The molecule has 0 atom stereocenters. The van der Waals surface area contributed by atoms with Gasteiger partial charge in [0.25, 0.3) is 0 Å². The molecule has 0 saturated carbocycles. The first-order valence-electron chi connectivity index (χ1n) is 4.93. The molecule has 0 aliphatic rings. The van der Waals surface area contributed by atoms with Crippen molar-refractivity contribution < 1.29 is 4.79 Å². The molecule has 4 nitrogen and oxygen atoms in total. The van der Waals surface area contributed by atoms with Crippen LogP contribution in [0.4, 0.5) is 0 Å². The highest BCUT2D eigenvalue weighted by molar-refractivity contribution is 6.30. The topological polar surface area (TPSA) is 60.9 Å². The number of primary amides is 1. The normalized spacial score (nSPS) is 10.9. The van der Waals surface area contributed by atoms with Crippen LogP contribution in [0.1, 0.15) is 5.56 Å². The molecular weight excluding hydrogens is 238 g/mol. The maximum atomic E-state index is 10.6. The summed E-state index contributed by atoms with van der Waals surface area (Å²) in [6, 6.07) is 7.33.